The number of hydroxylamine groups is 1. The Balaban J connectivity index is 2.27. The smallest absolute Gasteiger partial charge is 0.317 e. The fourth-order valence-electron chi connectivity index (χ4n) is 3.99. The summed E-state index contributed by atoms with van der Waals surface area (Å²) < 4.78 is 0. The van der Waals surface area contributed by atoms with Gasteiger partial charge in [0.15, 0.2) is 0 Å². The predicted octanol–water partition coefficient (Wildman–Crippen LogP) is 1.89. The lowest BCUT2D eigenvalue weighted by atomic mass is 9.68. The number of nitrogens with one attached hydrogen (secondary N) is 3. The average Bonchev–Trinajstić information content (AvgIpc) is 2.65. The van der Waals surface area contributed by atoms with E-state index in [1.165, 1.54) is 19.3 Å². The van der Waals surface area contributed by atoms with Gasteiger partial charge in [0, 0.05) is 44.0 Å². The van der Waals surface area contributed by atoms with Gasteiger partial charge >= 0.3 is 6.03 Å². The minimum atomic E-state index is -0.463. The Hall–Kier alpha value is -1.44. The van der Waals surface area contributed by atoms with Gasteiger partial charge in [-0.25, -0.2) is 4.79 Å². The van der Waals surface area contributed by atoms with Crippen molar-refractivity contribution < 1.29 is 10.0 Å². The minimum Gasteiger partial charge on any atom is -0.341 e. The molecule has 7 nitrogen and oxygen atoms in total. The third kappa shape index (κ3) is 4.22. The lowest BCUT2D eigenvalue weighted by molar-refractivity contribution is 0.0484. The van der Waals surface area contributed by atoms with Crippen molar-refractivity contribution in [2.45, 2.75) is 58.0 Å². The van der Waals surface area contributed by atoms with Crippen LogP contribution in [-0.2, 0) is 0 Å². The zero-order valence-corrected chi connectivity index (χ0v) is 15.7. The van der Waals surface area contributed by atoms with E-state index in [2.05, 4.69) is 35.0 Å². The monoisotopic (exact) mass is 351 g/mol. The molecule has 2 heterocycles. The van der Waals surface area contributed by atoms with Crippen molar-refractivity contribution in [1.29, 1.82) is 0 Å². The van der Waals surface area contributed by atoms with Crippen molar-refractivity contribution in [3.8, 4) is 0 Å². The molecule has 7 heteroatoms. The molecular formula is C18H33N5O2. The van der Waals surface area contributed by atoms with Gasteiger partial charge in [-0.1, -0.05) is 33.1 Å². The molecule has 2 aliphatic rings. The molecule has 0 bridgehead atoms. The van der Waals surface area contributed by atoms with Crippen LogP contribution in [0.4, 0.5) is 4.79 Å². The van der Waals surface area contributed by atoms with Gasteiger partial charge < -0.3 is 20.7 Å². The lowest BCUT2D eigenvalue weighted by Gasteiger charge is -2.50. The molecule has 2 aliphatic heterocycles. The summed E-state index contributed by atoms with van der Waals surface area (Å²) >= 11 is 0. The number of unbranched alkanes of at least 4 members (excludes halogenated alkanes) is 3. The summed E-state index contributed by atoms with van der Waals surface area (Å²) in [7, 11) is 1.66. The van der Waals surface area contributed by atoms with Crippen molar-refractivity contribution in [2.24, 2.45) is 10.4 Å². The first kappa shape index (κ1) is 19.9. The van der Waals surface area contributed by atoms with E-state index in [0.29, 0.717) is 13.1 Å². The Morgan fingerprint density at radius 2 is 2.28 bits per heavy atom. The van der Waals surface area contributed by atoms with Crippen molar-refractivity contribution in [3.63, 3.8) is 0 Å². The van der Waals surface area contributed by atoms with E-state index in [-0.39, 0.29) is 18.1 Å². The molecule has 2 rings (SSSR count). The first-order valence-electron chi connectivity index (χ1n) is 9.42. The van der Waals surface area contributed by atoms with Gasteiger partial charge in [0.1, 0.15) is 0 Å². The van der Waals surface area contributed by atoms with Crippen LogP contribution in [0.2, 0.25) is 0 Å². The fraction of sp³-hybridized carbons (Fsp3) is 0.778. The van der Waals surface area contributed by atoms with Crippen LogP contribution in [0.3, 0.4) is 0 Å². The van der Waals surface area contributed by atoms with Crippen molar-refractivity contribution in [2.75, 3.05) is 26.7 Å². The maximum Gasteiger partial charge on any atom is 0.317 e. The maximum atomic E-state index is 12.4. The Labute approximate surface area is 150 Å². The van der Waals surface area contributed by atoms with Crippen molar-refractivity contribution in [1.82, 2.24) is 21.0 Å². The standard InChI is InChI=1S/C18H33N5O2/c1-4-5-6-7-8-14-18(2,15(22-25)9-10-21-14)16-13-20-11-12-23(16)17(24)19-3/h9-10,15-16,20,22,25H,4-8,11-13H2,1-3H3,(H,19,24)/t15-,16-,18+/m0/s1. The van der Waals surface area contributed by atoms with Crippen LogP contribution < -0.4 is 16.1 Å². The molecule has 0 aliphatic carbocycles. The van der Waals surface area contributed by atoms with Crippen molar-refractivity contribution >= 4 is 11.7 Å². The summed E-state index contributed by atoms with van der Waals surface area (Å²) in [6.45, 7) is 6.41. The second kappa shape index (κ2) is 9.31. The van der Waals surface area contributed by atoms with Gasteiger partial charge in [-0.05, 0) is 18.9 Å². The highest BCUT2D eigenvalue weighted by atomic mass is 16.5. The summed E-state index contributed by atoms with van der Waals surface area (Å²) in [6, 6.07) is -0.437. The van der Waals surface area contributed by atoms with Crippen LogP contribution in [0.5, 0.6) is 0 Å². The number of piperazine rings is 1. The topological polar surface area (TPSA) is 89.0 Å². The van der Waals surface area contributed by atoms with Crippen LogP contribution in [0.15, 0.2) is 17.3 Å². The van der Waals surface area contributed by atoms with Gasteiger partial charge in [0.25, 0.3) is 0 Å². The van der Waals surface area contributed by atoms with Gasteiger partial charge in [-0.2, -0.15) is 5.48 Å². The zero-order valence-electron chi connectivity index (χ0n) is 15.7. The van der Waals surface area contributed by atoms with Gasteiger partial charge in [-0.3, -0.25) is 4.99 Å². The number of nitrogens with zero attached hydrogens (tertiary/aromatic N) is 2. The second-order valence-corrected chi connectivity index (χ2v) is 7.09. The maximum absolute atomic E-state index is 12.4. The quantitative estimate of drug-likeness (QED) is 0.417. The van der Waals surface area contributed by atoms with Crippen molar-refractivity contribution in [3.05, 3.63) is 12.3 Å². The van der Waals surface area contributed by atoms with E-state index in [1.807, 2.05) is 11.0 Å². The van der Waals surface area contributed by atoms with Crippen LogP contribution in [0.1, 0.15) is 46.0 Å². The molecule has 4 N–H and O–H groups in total. The molecule has 0 aromatic rings. The number of carbonyl (C=O) groups is 1. The average molecular weight is 351 g/mol. The first-order valence-corrected chi connectivity index (χ1v) is 9.42. The van der Waals surface area contributed by atoms with Crippen LogP contribution in [0.25, 0.3) is 0 Å². The Bertz CT molecular complexity index is 508. The summed E-state index contributed by atoms with van der Waals surface area (Å²) in [5.41, 5.74) is 3.04. The molecule has 0 spiro atoms. The molecule has 25 heavy (non-hydrogen) atoms. The fourth-order valence-corrected chi connectivity index (χ4v) is 3.99. The van der Waals surface area contributed by atoms with E-state index in [9.17, 15) is 10.0 Å². The molecule has 0 aromatic carbocycles. The van der Waals surface area contributed by atoms with E-state index >= 15 is 0 Å². The Kier molecular flexibility index (Phi) is 7.40. The molecule has 1 saturated heterocycles. The van der Waals surface area contributed by atoms with E-state index in [1.54, 1.807) is 13.2 Å². The number of aliphatic imine (C=N–C) groups is 1. The van der Waals surface area contributed by atoms with Gasteiger partial charge in [0.2, 0.25) is 0 Å². The normalized spacial score (nSPS) is 29.4. The highest BCUT2D eigenvalue weighted by molar-refractivity contribution is 5.93. The summed E-state index contributed by atoms with van der Waals surface area (Å²) in [5.74, 6) is 0. The highest BCUT2D eigenvalue weighted by Crippen LogP contribution is 2.37. The summed E-state index contributed by atoms with van der Waals surface area (Å²) in [4.78, 5) is 19.0. The molecule has 0 saturated carbocycles. The van der Waals surface area contributed by atoms with Crippen LogP contribution >= 0.6 is 0 Å². The number of hydrogen-bond acceptors (Lipinski definition) is 5. The minimum absolute atomic E-state index is 0.0794. The van der Waals surface area contributed by atoms with Crippen LogP contribution in [-0.4, -0.2) is 60.6 Å². The van der Waals surface area contributed by atoms with Gasteiger partial charge in [0.05, 0.1) is 12.1 Å². The van der Waals surface area contributed by atoms with Gasteiger partial charge in [-0.15, -0.1) is 0 Å². The molecule has 0 unspecified atom stereocenters. The molecular weight excluding hydrogens is 318 g/mol. The van der Waals surface area contributed by atoms with E-state index in [0.717, 1.165) is 25.1 Å². The lowest BCUT2D eigenvalue weighted by Crippen LogP contribution is -2.67. The highest BCUT2D eigenvalue weighted by Gasteiger charge is 2.49. The molecule has 3 atom stereocenters. The Morgan fingerprint density at radius 1 is 1.48 bits per heavy atom. The Morgan fingerprint density at radius 3 is 2.96 bits per heavy atom. The largest absolute Gasteiger partial charge is 0.341 e. The SMILES string of the molecule is CCCCCCC1=NC=C[C@H](NO)[C@]1(C)[C@@H]1CNCCN1C(=O)NC. The molecule has 1 fully saturated rings. The van der Waals surface area contributed by atoms with E-state index in [4.69, 9.17) is 0 Å². The third-order valence-electron chi connectivity index (χ3n) is 5.59. The number of carbonyl (C=O) groups excluding carboxylic acids is 1. The zero-order chi connectivity index (χ0) is 18.3. The third-order valence-corrected chi connectivity index (χ3v) is 5.59. The van der Waals surface area contributed by atoms with E-state index < -0.39 is 5.41 Å². The summed E-state index contributed by atoms with van der Waals surface area (Å²) in [5, 5.41) is 15.9. The molecule has 0 aromatic heterocycles. The predicted molar refractivity (Wildman–Crippen MR) is 100.0 cm³/mol. The first-order chi connectivity index (χ1) is 12.1. The summed E-state index contributed by atoms with van der Waals surface area (Å²) in [6.07, 6.45) is 9.20. The molecule has 142 valence electrons. The number of amides is 2. The number of urea groups is 1. The second-order valence-electron chi connectivity index (χ2n) is 7.09. The van der Waals surface area contributed by atoms with Crippen LogP contribution in [0, 0.1) is 5.41 Å². The number of rotatable bonds is 7. The molecule has 0 radical (unpaired) electrons. The molecule has 2 amide bonds. The number of hydrogen-bond donors (Lipinski definition) is 4.